The third-order valence-electron chi connectivity index (χ3n) is 2.14. The van der Waals surface area contributed by atoms with Gasteiger partial charge in [-0.15, -0.1) is 0 Å². The first kappa shape index (κ1) is 10.4. The maximum Gasteiger partial charge on any atom is 0.267 e. The van der Waals surface area contributed by atoms with E-state index in [2.05, 4.69) is 39.3 Å². The van der Waals surface area contributed by atoms with Crippen LogP contribution < -0.4 is 10.9 Å². The Balaban J connectivity index is 2.17. The van der Waals surface area contributed by atoms with Gasteiger partial charge in [-0.1, -0.05) is 13.8 Å². The molecule has 0 aromatic carbocycles. The molecule has 0 unspecified atom stereocenters. The second kappa shape index (κ2) is 4.18. The molecule has 16 heavy (non-hydrogen) atoms. The van der Waals surface area contributed by atoms with E-state index in [1.807, 2.05) is 6.07 Å². The van der Waals surface area contributed by atoms with Gasteiger partial charge in [-0.2, -0.15) is 5.10 Å². The number of H-pyrrole nitrogens is 2. The average molecular weight is 219 g/mol. The van der Waals surface area contributed by atoms with E-state index in [0.29, 0.717) is 17.6 Å². The van der Waals surface area contributed by atoms with Gasteiger partial charge in [0, 0.05) is 11.8 Å². The summed E-state index contributed by atoms with van der Waals surface area (Å²) in [5.41, 5.74) is 0.790. The van der Waals surface area contributed by atoms with Crippen molar-refractivity contribution in [1.29, 1.82) is 0 Å². The van der Waals surface area contributed by atoms with Crippen LogP contribution in [-0.4, -0.2) is 20.2 Å². The lowest BCUT2D eigenvalue weighted by Crippen LogP contribution is -2.07. The summed E-state index contributed by atoms with van der Waals surface area (Å²) in [5, 5.41) is 9.95. The number of hydrogen-bond acceptors (Lipinski definition) is 4. The Hall–Kier alpha value is -2.11. The van der Waals surface area contributed by atoms with Crippen LogP contribution in [0, 0.1) is 0 Å². The van der Waals surface area contributed by atoms with E-state index in [1.165, 1.54) is 12.4 Å². The van der Waals surface area contributed by atoms with Crippen molar-refractivity contribution < 1.29 is 0 Å². The van der Waals surface area contributed by atoms with Crippen LogP contribution in [0.4, 0.5) is 11.6 Å². The molecule has 84 valence electrons. The topological polar surface area (TPSA) is 86.5 Å². The van der Waals surface area contributed by atoms with Gasteiger partial charge in [-0.25, -0.2) is 0 Å². The summed E-state index contributed by atoms with van der Waals surface area (Å²) in [5.74, 6) is 1.57. The Morgan fingerprint density at radius 2 is 2.19 bits per heavy atom. The maximum atomic E-state index is 11.0. The summed E-state index contributed by atoms with van der Waals surface area (Å²) < 4.78 is 0. The predicted molar refractivity (Wildman–Crippen MR) is 60.8 cm³/mol. The molecule has 0 radical (unpaired) electrons. The number of nitrogens with one attached hydrogen (secondary N) is 3. The Morgan fingerprint density at radius 3 is 2.81 bits per heavy atom. The van der Waals surface area contributed by atoms with Crippen LogP contribution >= 0.6 is 0 Å². The molecule has 0 aliphatic rings. The molecule has 0 atom stereocenters. The molecule has 6 heteroatoms. The minimum atomic E-state index is -0.246. The van der Waals surface area contributed by atoms with Crippen molar-refractivity contribution in [3.05, 3.63) is 34.5 Å². The fourth-order valence-corrected chi connectivity index (χ4v) is 1.27. The zero-order valence-electron chi connectivity index (χ0n) is 9.11. The molecule has 2 rings (SSSR count). The van der Waals surface area contributed by atoms with Crippen molar-refractivity contribution >= 4 is 11.6 Å². The third kappa shape index (κ3) is 2.28. The SMILES string of the molecule is CC(C)c1cc(Nc2cncc(=O)[nH]2)n[nH]1. The Morgan fingerprint density at radius 1 is 1.38 bits per heavy atom. The van der Waals surface area contributed by atoms with E-state index < -0.39 is 0 Å². The van der Waals surface area contributed by atoms with Gasteiger partial charge in [-0.05, 0) is 5.92 Å². The first-order valence-electron chi connectivity index (χ1n) is 5.02. The van der Waals surface area contributed by atoms with Crippen molar-refractivity contribution in [2.45, 2.75) is 19.8 Å². The highest BCUT2D eigenvalue weighted by atomic mass is 16.1. The molecule has 3 N–H and O–H groups in total. The van der Waals surface area contributed by atoms with Crippen LogP contribution in [0.25, 0.3) is 0 Å². The van der Waals surface area contributed by atoms with Crippen LogP contribution in [0.1, 0.15) is 25.5 Å². The normalized spacial score (nSPS) is 10.7. The van der Waals surface area contributed by atoms with Gasteiger partial charge in [0.05, 0.1) is 12.4 Å². The number of nitrogens with zero attached hydrogens (tertiary/aromatic N) is 2. The van der Waals surface area contributed by atoms with Gasteiger partial charge in [0.15, 0.2) is 5.82 Å². The van der Waals surface area contributed by atoms with Gasteiger partial charge in [0.1, 0.15) is 5.82 Å². The number of anilines is 2. The van der Waals surface area contributed by atoms with Crippen molar-refractivity contribution in [1.82, 2.24) is 20.2 Å². The molecule has 0 fully saturated rings. The second-order valence-electron chi connectivity index (χ2n) is 3.80. The molecule has 0 saturated heterocycles. The quantitative estimate of drug-likeness (QED) is 0.727. The van der Waals surface area contributed by atoms with Crippen LogP contribution in [0.2, 0.25) is 0 Å². The maximum absolute atomic E-state index is 11.0. The van der Waals surface area contributed by atoms with Crippen LogP contribution in [0.15, 0.2) is 23.3 Å². The lowest BCUT2D eigenvalue weighted by atomic mass is 10.1. The largest absolute Gasteiger partial charge is 0.324 e. The number of hydrogen-bond donors (Lipinski definition) is 3. The van der Waals surface area contributed by atoms with Crippen LogP contribution in [0.3, 0.4) is 0 Å². The van der Waals surface area contributed by atoms with Gasteiger partial charge in [0.2, 0.25) is 0 Å². The summed E-state index contributed by atoms with van der Waals surface area (Å²) in [6.45, 7) is 4.15. The van der Waals surface area contributed by atoms with Crippen molar-refractivity contribution in [2.75, 3.05) is 5.32 Å². The molecule has 0 aliphatic carbocycles. The fraction of sp³-hybridized carbons (Fsp3) is 0.300. The fourth-order valence-electron chi connectivity index (χ4n) is 1.27. The van der Waals surface area contributed by atoms with Gasteiger partial charge in [0.25, 0.3) is 5.56 Å². The van der Waals surface area contributed by atoms with Crippen molar-refractivity contribution in [3.8, 4) is 0 Å². The second-order valence-corrected chi connectivity index (χ2v) is 3.80. The highest BCUT2D eigenvalue weighted by Gasteiger charge is 2.04. The molecule has 6 nitrogen and oxygen atoms in total. The summed E-state index contributed by atoms with van der Waals surface area (Å²) in [4.78, 5) is 17.4. The number of rotatable bonds is 3. The minimum absolute atomic E-state index is 0.246. The van der Waals surface area contributed by atoms with Gasteiger partial charge < -0.3 is 10.3 Å². The van der Waals surface area contributed by atoms with Gasteiger partial charge in [-0.3, -0.25) is 14.9 Å². The van der Waals surface area contributed by atoms with Crippen LogP contribution in [-0.2, 0) is 0 Å². The first-order chi connectivity index (χ1) is 7.65. The lowest BCUT2D eigenvalue weighted by Gasteiger charge is -2.00. The molecular formula is C10H13N5O. The Kier molecular flexibility index (Phi) is 2.72. The number of aromatic amines is 2. The molecule has 0 aliphatic heterocycles. The highest BCUT2D eigenvalue weighted by Crippen LogP contribution is 2.16. The zero-order valence-corrected chi connectivity index (χ0v) is 9.11. The molecule has 0 spiro atoms. The smallest absolute Gasteiger partial charge is 0.267 e. The lowest BCUT2D eigenvalue weighted by molar-refractivity contribution is 0.811. The molecule has 2 aromatic rings. The summed E-state index contributed by atoms with van der Waals surface area (Å²) in [7, 11) is 0. The van der Waals surface area contributed by atoms with Gasteiger partial charge >= 0.3 is 0 Å². The summed E-state index contributed by atoms with van der Waals surface area (Å²) in [6, 6.07) is 1.90. The standard InChI is InChI=1S/C10H13N5O/c1-6(2)7-3-8(15-14-7)12-9-4-11-5-10(16)13-9/h3-6H,1-2H3,(H3,12,13,14,15,16). The molecule has 0 bridgehead atoms. The minimum Gasteiger partial charge on any atom is -0.324 e. The van der Waals surface area contributed by atoms with Crippen molar-refractivity contribution in [2.24, 2.45) is 0 Å². The van der Waals surface area contributed by atoms with E-state index in [-0.39, 0.29) is 5.56 Å². The Bertz CT molecular complexity index is 528. The zero-order chi connectivity index (χ0) is 11.5. The van der Waals surface area contributed by atoms with E-state index in [4.69, 9.17) is 0 Å². The summed E-state index contributed by atoms with van der Waals surface area (Å²) in [6.07, 6.45) is 2.75. The number of aromatic nitrogens is 4. The molecule has 2 heterocycles. The molecule has 0 amide bonds. The molecule has 0 saturated carbocycles. The molecular weight excluding hydrogens is 206 g/mol. The van der Waals surface area contributed by atoms with E-state index in [1.54, 1.807) is 0 Å². The first-order valence-corrected chi connectivity index (χ1v) is 5.02. The predicted octanol–water partition coefficient (Wildman–Crippen LogP) is 1.36. The average Bonchev–Trinajstić information content (AvgIpc) is 2.66. The summed E-state index contributed by atoms with van der Waals surface area (Å²) >= 11 is 0. The Labute approximate surface area is 92.1 Å². The van der Waals surface area contributed by atoms with E-state index in [9.17, 15) is 4.79 Å². The van der Waals surface area contributed by atoms with Crippen LogP contribution in [0.5, 0.6) is 0 Å². The van der Waals surface area contributed by atoms with E-state index in [0.717, 1.165) is 5.69 Å². The van der Waals surface area contributed by atoms with Crippen molar-refractivity contribution in [3.63, 3.8) is 0 Å². The third-order valence-corrected chi connectivity index (χ3v) is 2.14. The molecule has 2 aromatic heterocycles. The van der Waals surface area contributed by atoms with E-state index >= 15 is 0 Å². The highest BCUT2D eigenvalue weighted by molar-refractivity contribution is 5.50. The monoisotopic (exact) mass is 219 g/mol.